The molecule has 1 unspecified atom stereocenters. The maximum atomic E-state index is 12.8. The lowest BCUT2D eigenvalue weighted by molar-refractivity contribution is -0.120. The molecule has 0 bridgehead atoms. The van der Waals surface area contributed by atoms with Crippen molar-refractivity contribution in [3.05, 3.63) is 60.2 Å². The summed E-state index contributed by atoms with van der Waals surface area (Å²) in [6.45, 7) is 2.20. The van der Waals surface area contributed by atoms with E-state index in [-0.39, 0.29) is 11.9 Å². The molecular formula is C20H25N3O. The van der Waals surface area contributed by atoms with Crippen LogP contribution >= 0.6 is 0 Å². The highest BCUT2D eigenvalue weighted by Gasteiger charge is 2.23. The molecule has 0 aromatic heterocycles. The van der Waals surface area contributed by atoms with Crippen molar-refractivity contribution in [3.8, 4) is 0 Å². The molecule has 1 aliphatic rings. The third-order valence-electron chi connectivity index (χ3n) is 4.46. The molecule has 126 valence electrons. The van der Waals surface area contributed by atoms with Crippen LogP contribution in [0.4, 0.5) is 11.4 Å². The van der Waals surface area contributed by atoms with Crippen molar-refractivity contribution < 1.29 is 4.79 Å². The predicted molar refractivity (Wildman–Crippen MR) is 99.4 cm³/mol. The molecular weight excluding hydrogens is 298 g/mol. The Balaban J connectivity index is 1.76. The van der Waals surface area contributed by atoms with Gasteiger partial charge in [0, 0.05) is 24.5 Å². The van der Waals surface area contributed by atoms with Gasteiger partial charge in [0.05, 0.1) is 0 Å². The standard InChI is InChI=1S/C20H25N3O/c1-22(2)19(16-9-4-3-5-10-16)20(24)21-17-11-8-12-18(15-17)23-13-6-7-14-23/h3-5,8-12,15,19H,6-7,13-14H2,1-2H3,(H,21,24). The summed E-state index contributed by atoms with van der Waals surface area (Å²) in [6, 6.07) is 17.7. The second kappa shape index (κ2) is 7.49. The van der Waals surface area contributed by atoms with Gasteiger partial charge in [-0.05, 0) is 50.7 Å². The summed E-state index contributed by atoms with van der Waals surface area (Å²) < 4.78 is 0. The minimum Gasteiger partial charge on any atom is -0.371 e. The van der Waals surface area contributed by atoms with E-state index in [1.54, 1.807) is 0 Å². The van der Waals surface area contributed by atoms with Crippen molar-refractivity contribution in [2.75, 3.05) is 37.4 Å². The maximum Gasteiger partial charge on any atom is 0.246 e. The normalized spacial score (nSPS) is 15.5. The lowest BCUT2D eigenvalue weighted by Gasteiger charge is -2.24. The molecule has 1 fully saturated rings. The maximum absolute atomic E-state index is 12.8. The molecule has 1 amide bonds. The summed E-state index contributed by atoms with van der Waals surface area (Å²) in [5.41, 5.74) is 3.04. The summed E-state index contributed by atoms with van der Waals surface area (Å²) in [6.07, 6.45) is 2.49. The van der Waals surface area contributed by atoms with Gasteiger partial charge in [0.25, 0.3) is 0 Å². The number of likely N-dealkylation sites (N-methyl/N-ethyl adjacent to an activating group) is 1. The van der Waals surface area contributed by atoms with Crippen LogP contribution in [-0.4, -0.2) is 38.0 Å². The van der Waals surface area contributed by atoms with E-state index in [1.165, 1.54) is 18.5 Å². The number of carbonyl (C=O) groups excluding carboxylic acids is 1. The summed E-state index contributed by atoms with van der Waals surface area (Å²) >= 11 is 0. The highest BCUT2D eigenvalue weighted by atomic mass is 16.2. The quantitative estimate of drug-likeness (QED) is 0.914. The zero-order valence-corrected chi connectivity index (χ0v) is 14.4. The smallest absolute Gasteiger partial charge is 0.246 e. The third kappa shape index (κ3) is 3.77. The second-order valence-corrected chi connectivity index (χ2v) is 6.51. The van der Waals surface area contributed by atoms with Gasteiger partial charge in [-0.15, -0.1) is 0 Å². The Morgan fingerprint density at radius 2 is 1.75 bits per heavy atom. The zero-order valence-electron chi connectivity index (χ0n) is 14.4. The SMILES string of the molecule is CN(C)C(C(=O)Nc1cccc(N2CCCC2)c1)c1ccccc1. The lowest BCUT2D eigenvalue weighted by Crippen LogP contribution is -2.32. The molecule has 24 heavy (non-hydrogen) atoms. The van der Waals surface area contributed by atoms with E-state index >= 15 is 0 Å². The number of hydrogen-bond acceptors (Lipinski definition) is 3. The van der Waals surface area contributed by atoms with E-state index in [9.17, 15) is 4.79 Å². The summed E-state index contributed by atoms with van der Waals surface area (Å²) in [5, 5.41) is 3.08. The van der Waals surface area contributed by atoms with Gasteiger partial charge in [-0.25, -0.2) is 0 Å². The number of anilines is 2. The molecule has 1 aliphatic heterocycles. The first-order valence-electron chi connectivity index (χ1n) is 8.52. The monoisotopic (exact) mass is 323 g/mol. The molecule has 1 N–H and O–H groups in total. The van der Waals surface area contributed by atoms with Gasteiger partial charge in [0.15, 0.2) is 0 Å². The van der Waals surface area contributed by atoms with Crippen LogP contribution in [0.25, 0.3) is 0 Å². The van der Waals surface area contributed by atoms with E-state index in [0.29, 0.717) is 0 Å². The topological polar surface area (TPSA) is 35.6 Å². The number of nitrogens with one attached hydrogen (secondary N) is 1. The third-order valence-corrected chi connectivity index (χ3v) is 4.46. The minimum atomic E-state index is -0.304. The number of carbonyl (C=O) groups is 1. The van der Waals surface area contributed by atoms with Gasteiger partial charge in [0.1, 0.15) is 6.04 Å². The fourth-order valence-electron chi connectivity index (χ4n) is 3.29. The molecule has 1 atom stereocenters. The van der Waals surface area contributed by atoms with E-state index in [2.05, 4.69) is 22.3 Å². The van der Waals surface area contributed by atoms with Crippen molar-refractivity contribution in [1.29, 1.82) is 0 Å². The van der Waals surface area contributed by atoms with Gasteiger partial charge in [-0.1, -0.05) is 36.4 Å². The molecule has 4 heteroatoms. The van der Waals surface area contributed by atoms with E-state index < -0.39 is 0 Å². The Morgan fingerprint density at radius 3 is 2.42 bits per heavy atom. The number of hydrogen-bond donors (Lipinski definition) is 1. The van der Waals surface area contributed by atoms with Crippen LogP contribution in [0, 0.1) is 0 Å². The van der Waals surface area contributed by atoms with Crippen molar-refractivity contribution in [2.45, 2.75) is 18.9 Å². The molecule has 3 rings (SSSR count). The van der Waals surface area contributed by atoms with Crippen molar-refractivity contribution >= 4 is 17.3 Å². The summed E-state index contributed by atoms with van der Waals surface area (Å²) in [7, 11) is 3.86. The average molecular weight is 323 g/mol. The Bertz CT molecular complexity index is 678. The molecule has 0 saturated carbocycles. The molecule has 2 aromatic rings. The average Bonchev–Trinajstić information content (AvgIpc) is 3.10. The van der Waals surface area contributed by atoms with Gasteiger partial charge in [-0.3, -0.25) is 9.69 Å². The highest BCUT2D eigenvalue weighted by Crippen LogP contribution is 2.25. The lowest BCUT2D eigenvalue weighted by atomic mass is 10.1. The summed E-state index contributed by atoms with van der Waals surface area (Å²) in [5.74, 6) is -0.00947. The molecule has 0 aliphatic carbocycles. The van der Waals surface area contributed by atoms with Crippen LogP contribution < -0.4 is 10.2 Å². The number of rotatable bonds is 5. The molecule has 4 nitrogen and oxygen atoms in total. The van der Waals surface area contributed by atoms with Crippen LogP contribution in [0.5, 0.6) is 0 Å². The van der Waals surface area contributed by atoms with E-state index in [4.69, 9.17) is 0 Å². The van der Waals surface area contributed by atoms with Crippen LogP contribution in [-0.2, 0) is 4.79 Å². The number of amides is 1. The first-order chi connectivity index (χ1) is 11.6. The zero-order chi connectivity index (χ0) is 16.9. The number of benzene rings is 2. The van der Waals surface area contributed by atoms with Crippen LogP contribution in [0.15, 0.2) is 54.6 Å². The summed E-state index contributed by atoms with van der Waals surface area (Å²) in [4.78, 5) is 17.1. The van der Waals surface area contributed by atoms with Gasteiger partial charge in [-0.2, -0.15) is 0 Å². The molecule has 1 heterocycles. The highest BCUT2D eigenvalue weighted by molar-refractivity contribution is 5.95. The first-order valence-corrected chi connectivity index (χ1v) is 8.52. The van der Waals surface area contributed by atoms with Gasteiger partial charge < -0.3 is 10.2 Å². The predicted octanol–water partition coefficient (Wildman–Crippen LogP) is 3.53. The molecule has 2 aromatic carbocycles. The first kappa shape index (κ1) is 16.5. The van der Waals surface area contributed by atoms with Crippen LogP contribution in [0.2, 0.25) is 0 Å². The molecule has 0 radical (unpaired) electrons. The van der Waals surface area contributed by atoms with Crippen molar-refractivity contribution in [3.63, 3.8) is 0 Å². The van der Waals surface area contributed by atoms with Gasteiger partial charge >= 0.3 is 0 Å². The fourth-order valence-corrected chi connectivity index (χ4v) is 3.29. The van der Waals surface area contributed by atoms with Gasteiger partial charge in [0.2, 0.25) is 5.91 Å². The Morgan fingerprint density at radius 1 is 1.04 bits per heavy atom. The van der Waals surface area contributed by atoms with Crippen LogP contribution in [0.1, 0.15) is 24.4 Å². The van der Waals surface area contributed by atoms with E-state index in [0.717, 1.165) is 24.3 Å². The molecule has 1 saturated heterocycles. The van der Waals surface area contributed by atoms with E-state index in [1.807, 2.05) is 61.5 Å². The Labute approximate surface area is 144 Å². The largest absolute Gasteiger partial charge is 0.371 e. The van der Waals surface area contributed by atoms with Crippen molar-refractivity contribution in [1.82, 2.24) is 4.90 Å². The second-order valence-electron chi connectivity index (χ2n) is 6.51. The Hall–Kier alpha value is -2.33. The van der Waals surface area contributed by atoms with Crippen molar-refractivity contribution in [2.24, 2.45) is 0 Å². The Kier molecular flexibility index (Phi) is 5.16. The fraction of sp³-hybridized carbons (Fsp3) is 0.350. The van der Waals surface area contributed by atoms with Crippen LogP contribution in [0.3, 0.4) is 0 Å². The molecule has 0 spiro atoms. The number of nitrogens with zero attached hydrogens (tertiary/aromatic N) is 2. The minimum absolute atomic E-state index is 0.00947.